The van der Waals surface area contributed by atoms with Crippen LogP contribution in [-0.2, 0) is 16.0 Å². The maximum atomic E-state index is 12.6. The SMILES string of the molecule is CCOC(=O)c1cc(C(F)F)ccc1CCC(=O)O. The molecule has 19 heavy (non-hydrogen) atoms. The lowest BCUT2D eigenvalue weighted by molar-refractivity contribution is -0.136. The van der Waals surface area contributed by atoms with Crippen LogP contribution < -0.4 is 0 Å². The summed E-state index contributed by atoms with van der Waals surface area (Å²) in [5.41, 5.74) is 0.105. The number of carbonyl (C=O) groups excluding carboxylic acids is 1. The number of carbonyl (C=O) groups is 2. The number of benzene rings is 1. The van der Waals surface area contributed by atoms with Gasteiger partial charge in [-0.3, -0.25) is 4.79 Å². The minimum Gasteiger partial charge on any atom is -0.481 e. The quantitative estimate of drug-likeness (QED) is 0.809. The Hall–Kier alpha value is -1.98. The summed E-state index contributed by atoms with van der Waals surface area (Å²) < 4.78 is 30.0. The van der Waals surface area contributed by atoms with E-state index in [1.165, 1.54) is 12.1 Å². The second kappa shape index (κ2) is 6.82. The third-order valence-electron chi connectivity index (χ3n) is 2.49. The Morgan fingerprint density at radius 2 is 2.05 bits per heavy atom. The summed E-state index contributed by atoms with van der Waals surface area (Å²) in [5, 5.41) is 8.61. The van der Waals surface area contributed by atoms with Gasteiger partial charge in [0.1, 0.15) is 0 Å². The second-order valence-electron chi connectivity index (χ2n) is 3.83. The molecule has 0 saturated carbocycles. The van der Waals surface area contributed by atoms with Crippen LogP contribution in [0.3, 0.4) is 0 Å². The highest BCUT2D eigenvalue weighted by atomic mass is 19.3. The first-order valence-electron chi connectivity index (χ1n) is 5.75. The van der Waals surface area contributed by atoms with Gasteiger partial charge < -0.3 is 9.84 Å². The van der Waals surface area contributed by atoms with Gasteiger partial charge in [-0.15, -0.1) is 0 Å². The van der Waals surface area contributed by atoms with Gasteiger partial charge in [-0.25, -0.2) is 13.6 Å². The van der Waals surface area contributed by atoms with Crippen LogP contribution in [0.5, 0.6) is 0 Å². The van der Waals surface area contributed by atoms with Crippen molar-refractivity contribution in [2.24, 2.45) is 0 Å². The van der Waals surface area contributed by atoms with Gasteiger partial charge >= 0.3 is 11.9 Å². The Morgan fingerprint density at radius 3 is 2.58 bits per heavy atom. The topological polar surface area (TPSA) is 63.6 Å². The standard InChI is InChI=1S/C13H14F2O4/c1-2-19-13(18)10-7-9(12(14)15)4-3-8(10)5-6-11(16)17/h3-4,7,12H,2,5-6H2,1H3,(H,16,17). The third-order valence-corrected chi connectivity index (χ3v) is 2.49. The first-order valence-corrected chi connectivity index (χ1v) is 5.75. The molecule has 0 aromatic heterocycles. The van der Waals surface area contributed by atoms with E-state index < -0.39 is 18.4 Å². The van der Waals surface area contributed by atoms with Crippen molar-refractivity contribution in [2.45, 2.75) is 26.2 Å². The van der Waals surface area contributed by atoms with Gasteiger partial charge in [0.05, 0.1) is 12.2 Å². The molecule has 1 aromatic carbocycles. The molecule has 104 valence electrons. The number of rotatable bonds is 6. The Balaban J connectivity index is 3.07. The lowest BCUT2D eigenvalue weighted by Crippen LogP contribution is -2.10. The van der Waals surface area contributed by atoms with Gasteiger partial charge in [-0.2, -0.15) is 0 Å². The van der Waals surface area contributed by atoms with E-state index in [1.54, 1.807) is 6.92 Å². The van der Waals surface area contributed by atoms with Gasteiger partial charge in [0.25, 0.3) is 6.43 Å². The van der Waals surface area contributed by atoms with Crippen LogP contribution in [0.25, 0.3) is 0 Å². The molecule has 0 amide bonds. The highest BCUT2D eigenvalue weighted by Crippen LogP contribution is 2.23. The van der Waals surface area contributed by atoms with Gasteiger partial charge in [0.15, 0.2) is 0 Å². The lowest BCUT2D eigenvalue weighted by atomic mass is 10.00. The van der Waals surface area contributed by atoms with Gasteiger partial charge in [0, 0.05) is 12.0 Å². The smallest absolute Gasteiger partial charge is 0.338 e. The maximum Gasteiger partial charge on any atom is 0.338 e. The summed E-state index contributed by atoms with van der Waals surface area (Å²) in [5.74, 6) is -1.74. The predicted octanol–water partition coefficient (Wildman–Crippen LogP) is 2.82. The molecule has 4 nitrogen and oxygen atoms in total. The van der Waals surface area contributed by atoms with Crippen molar-refractivity contribution in [2.75, 3.05) is 6.61 Å². The molecule has 6 heteroatoms. The molecule has 0 spiro atoms. The average Bonchev–Trinajstić information content (AvgIpc) is 2.36. The van der Waals surface area contributed by atoms with Crippen molar-refractivity contribution in [1.29, 1.82) is 0 Å². The van der Waals surface area contributed by atoms with Crippen LogP contribution in [0.4, 0.5) is 8.78 Å². The fourth-order valence-electron chi connectivity index (χ4n) is 1.59. The van der Waals surface area contributed by atoms with E-state index >= 15 is 0 Å². The molecule has 0 aliphatic carbocycles. The molecule has 0 heterocycles. The number of ether oxygens (including phenoxy) is 1. The van der Waals surface area contributed by atoms with Crippen molar-refractivity contribution in [3.05, 3.63) is 34.9 Å². The van der Waals surface area contributed by atoms with Crippen molar-refractivity contribution in [3.63, 3.8) is 0 Å². The summed E-state index contributed by atoms with van der Waals surface area (Å²) in [6, 6.07) is 3.58. The minimum absolute atomic E-state index is 0.000833. The van der Waals surface area contributed by atoms with Crippen molar-refractivity contribution in [1.82, 2.24) is 0 Å². The van der Waals surface area contributed by atoms with E-state index in [-0.39, 0.29) is 30.6 Å². The molecular formula is C13H14F2O4. The second-order valence-corrected chi connectivity index (χ2v) is 3.83. The maximum absolute atomic E-state index is 12.6. The monoisotopic (exact) mass is 272 g/mol. The molecule has 0 radical (unpaired) electrons. The number of halogens is 2. The Bertz CT molecular complexity index is 472. The van der Waals surface area contributed by atoms with Crippen LogP contribution in [-0.4, -0.2) is 23.7 Å². The fourth-order valence-corrected chi connectivity index (χ4v) is 1.59. The lowest BCUT2D eigenvalue weighted by Gasteiger charge is -2.10. The number of hydrogen-bond acceptors (Lipinski definition) is 3. The number of carboxylic acids is 1. The number of esters is 1. The van der Waals surface area contributed by atoms with E-state index in [0.29, 0.717) is 5.56 Å². The normalized spacial score (nSPS) is 10.5. The molecule has 0 saturated heterocycles. The number of aryl methyl sites for hydroxylation is 1. The summed E-state index contributed by atoms with van der Waals surface area (Å²) in [6.45, 7) is 1.72. The zero-order chi connectivity index (χ0) is 14.4. The fraction of sp³-hybridized carbons (Fsp3) is 0.385. The van der Waals surface area contributed by atoms with Crippen LogP contribution >= 0.6 is 0 Å². The van der Waals surface area contributed by atoms with Crippen LogP contribution in [0.1, 0.15) is 41.3 Å². The van der Waals surface area contributed by atoms with Gasteiger partial charge in [0.2, 0.25) is 0 Å². The number of hydrogen-bond donors (Lipinski definition) is 1. The number of aliphatic carboxylic acids is 1. The summed E-state index contributed by atoms with van der Waals surface area (Å²) >= 11 is 0. The van der Waals surface area contributed by atoms with Gasteiger partial charge in [-0.05, 0) is 25.0 Å². The van der Waals surface area contributed by atoms with Crippen molar-refractivity contribution in [3.8, 4) is 0 Å². The molecular weight excluding hydrogens is 258 g/mol. The van der Waals surface area contributed by atoms with E-state index in [1.807, 2.05) is 0 Å². The zero-order valence-corrected chi connectivity index (χ0v) is 10.4. The van der Waals surface area contributed by atoms with Crippen LogP contribution in [0.2, 0.25) is 0 Å². The van der Waals surface area contributed by atoms with Crippen LogP contribution in [0, 0.1) is 0 Å². The molecule has 0 aliphatic rings. The van der Waals surface area contributed by atoms with Crippen LogP contribution in [0.15, 0.2) is 18.2 Å². The molecule has 1 aromatic rings. The molecule has 0 unspecified atom stereocenters. The zero-order valence-electron chi connectivity index (χ0n) is 10.4. The van der Waals surface area contributed by atoms with Crippen molar-refractivity contribution >= 4 is 11.9 Å². The molecule has 0 fully saturated rings. The Morgan fingerprint density at radius 1 is 1.37 bits per heavy atom. The largest absolute Gasteiger partial charge is 0.481 e. The Labute approximate surface area is 109 Å². The summed E-state index contributed by atoms with van der Waals surface area (Å²) in [4.78, 5) is 22.2. The molecule has 0 aliphatic heterocycles. The molecule has 0 atom stereocenters. The first-order chi connectivity index (χ1) is 8.95. The highest BCUT2D eigenvalue weighted by molar-refractivity contribution is 5.91. The molecule has 1 rings (SSSR count). The summed E-state index contributed by atoms with van der Waals surface area (Å²) in [7, 11) is 0. The third kappa shape index (κ3) is 4.31. The van der Waals surface area contributed by atoms with Crippen molar-refractivity contribution < 1.29 is 28.2 Å². The number of carboxylic acid groups (broad SMARTS) is 1. The first kappa shape index (κ1) is 15.1. The molecule has 0 bridgehead atoms. The Kier molecular flexibility index (Phi) is 5.41. The minimum atomic E-state index is -2.69. The van der Waals surface area contributed by atoms with E-state index in [4.69, 9.17) is 9.84 Å². The highest BCUT2D eigenvalue weighted by Gasteiger charge is 2.17. The molecule has 1 N–H and O–H groups in total. The van der Waals surface area contributed by atoms with E-state index in [2.05, 4.69) is 0 Å². The van der Waals surface area contributed by atoms with E-state index in [9.17, 15) is 18.4 Å². The number of alkyl halides is 2. The van der Waals surface area contributed by atoms with Gasteiger partial charge in [-0.1, -0.05) is 12.1 Å². The van der Waals surface area contributed by atoms with E-state index in [0.717, 1.165) is 6.07 Å². The predicted molar refractivity (Wildman–Crippen MR) is 63.3 cm³/mol. The summed E-state index contributed by atoms with van der Waals surface area (Å²) in [6.07, 6.45) is -2.78. The average molecular weight is 272 g/mol.